The Bertz CT molecular complexity index is 1130. The Morgan fingerprint density at radius 1 is 1.05 bits per heavy atom. The van der Waals surface area contributed by atoms with Crippen LogP contribution in [0.1, 0.15) is 85.8 Å². The third-order valence-corrected chi connectivity index (χ3v) is 8.24. The number of carboxylic acids is 1. The predicted molar refractivity (Wildman–Crippen MR) is 142 cm³/mol. The molecular weight excluding hydrogens is 518 g/mol. The second-order valence-corrected chi connectivity index (χ2v) is 11.0. The number of halogens is 3. The van der Waals surface area contributed by atoms with Crippen LogP contribution in [0.4, 0.5) is 4.39 Å². The van der Waals surface area contributed by atoms with Crippen molar-refractivity contribution in [2.45, 2.75) is 70.8 Å². The summed E-state index contributed by atoms with van der Waals surface area (Å²) in [5, 5.41) is 12.2. The van der Waals surface area contributed by atoms with Gasteiger partial charge in [-0.1, -0.05) is 67.9 Å². The fourth-order valence-electron chi connectivity index (χ4n) is 5.28. The quantitative estimate of drug-likeness (QED) is 0.343. The molecule has 0 aromatic heterocycles. The van der Waals surface area contributed by atoms with Crippen molar-refractivity contribution in [2.24, 2.45) is 17.1 Å². The molecule has 2 amide bonds. The van der Waals surface area contributed by atoms with Crippen LogP contribution in [0.5, 0.6) is 0 Å². The Morgan fingerprint density at radius 3 is 2.19 bits per heavy atom. The van der Waals surface area contributed by atoms with Crippen molar-refractivity contribution < 1.29 is 23.9 Å². The zero-order valence-corrected chi connectivity index (χ0v) is 22.4. The van der Waals surface area contributed by atoms with Crippen LogP contribution in [0.3, 0.4) is 0 Å². The molecule has 0 spiro atoms. The summed E-state index contributed by atoms with van der Waals surface area (Å²) in [5.74, 6) is -1.73. The van der Waals surface area contributed by atoms with Crippen LogP contribution in [-0.2, 0) is 16.0 Å². The van der Waals surface area contributed by atoms with Gasteiger partial charge in [-0.05, 0) is 60.9 Å². The van der Waals surface area contributed by atoms with Crippen LogP contribution < -0.4 is 11.1 Å². The van der Waals surface area contributed by atoms with E-state index in [1.807, 2.05) is 0 Å². The molecule has 1 atom stereocenters. The third-order valence-electron chi connectivity index (χ3n) is 7.42. The minimum Gasteiger partial charge on any atom is -0.481 e. The number of primary amides is 1. The van der Waals surface area contributed by atoms with Crippen molar-refractivity contribution >= 4 is 41.0 Å². The number of hydrogen-bond acceptors (Lipinski definition) is 3. The average molecular weight is 551 g/mol. The van der Waals surface area contributed by atoms with E-state index in [9.17, 15) is 18.8 Å². The first-order valence-corrected chi connectivity index (χ1v) is 13.3. The fourth-order valence-corrected chi connectivity index (χ4v) is 5.71. The smallest absolute Gasteiger partial charge is 0.307 e. The monoisotopic (exact) mass is 550 g/mol. The number of carbonyl (C=O) groups is 3. The number of hydrogen-bond donors (Lipinski definition) is 3. The molecule has 200 valence electrons. The Balaban J connectivity index is 0.000000248. The Hall–Kier alpha value is -2.64. The zero-order chi connectivity index (χ0) is 27.2. The summed E-state index contributed by atoms with van der Waals surface area (Å²) >= 11 is 12.5. The summed E-state index contributed by atoms with van der Waals surface area (Å²) < 4.78 is 14.6. The topological polar surface area (TPSA) is 109 Å². The van der Waals surface area contributed by atoms with Crippen molar-refractivity contribution in [3.8, 4) is 0 Å². The molecule has 9 heteroatoms. The van der Waals surface area contributed by atoms with E-state index in [-0.39, 0.29) is 28.7 Å². The van der Waals surface area contributed by atoms with Gasteiger partial charge in [0.05, 0.1) is 22.5 Å². The van der Waals surface area contributed by atoms with E-state index >= 15 is 0 Å². The molecule has 2 aromatic rings. The van der Waals surface area contributed by atoms with Crippen molar-refractivity contribution in [1.82, 2.24) is 5.32 Å². The first-order valence-electron chi connectivity index (χ1n) is 12.6. The van der Waals surface area contributed by atoms with Gasteiger partial charge in [0.15, 0.2) is 0 Å². The molecule has 1 unspecified atom stereocenters. The summed E-state index contributed by atoms with van der Waals surface area (Å²) in [6.07, 6.45) is 8.05. The molecule has 37 heavy (non-hydrogen) atoms. The predicted octanol–water partition coefficient (Wildman–Crippen LogP) is 6.47. The Morgan fingerprint density at radius 2 is 1.65 bits per heavy atom. The van der Waals surface area contributed by atoms with Crippen LogP contribution in [0.25, 0.3) is 0 Å². The summed E-state index contributed by atoms with van der Waals surface area (Å²) in [4.78, 5) is 33.7. The van der Waals surface area contributed by atoms with Gasteiger partial charge in [-0.2, -0.15) is 0 Å². The van der Waals surface area contributed by atoms with Gasteiger partial charge in [-0.15, -0.1) is 0 Å². The highest BCUT2D eigenvalue weighted by molar-refractivity contribution is 6.42. The molecule has 2 fully saturated rings. The van der Waals surface area contributed by atoms with E-state index in [1.165, 1.54) is 24.3 Å². The van der Waals surface area contributed by atoms with E-state index in [0.717, 1.165) is 51.4 Å². The molecule has 2 saturated carbocycles. The van der Waals surface area contributed by atoms with Crippen LogP contribution in [0.15, 0.2) is 36.4 Å². The molecule has 4 rings (SSSR count). The molecule has 0 radical (unpaired) electrons. The lowest BCUT2D eigenvalue weighted by Gasteiger charge is -2.36. The number of amides is 2. The van der Waals surface area contributed by atoms with Crippen LogP contribution in [-0.4, -0.2) is 22.9 Å². The molecule has 0 heterocycles. The lowest BCUT2D eigenvalue weighted by molar-refractivity contribution is -0.136. The van der Waals surface area contributed by atoms with E-state index in [2.05, 4.69) is 12.2 Å². The maximum Gasteiger partial charge on any atom is 0.307 e. The van der Waals surface area contributed by atoms with Crippen LogP contribution in [0.2, 0.25) is 10.0 Å². The molecular formula is C28H33Cl2FN2O4. The van der Waals surface area contributed by atoms with Crippen molar-refractivity contribution in [2.75, 3.05) is 0 Å². The molecule has 2 aromatic carbocycles. The number of benzene rings is 2. The number of nitrogens with one attached hydrogen (secondary N) is 1. The summed E-state index contributed by atoms with van der Waals surface area (Å²) in [6, 6.07) is 8.56. The average Bonchev–Trinajstić information content (AvgIpc) is 3.54. The minimum atomic E-state index is -0.896. The van der Waals surface area contributed by atoms with E-state index in [0.29, 0.717) is 21.7 Å². The van der Waals surface area contributed by atoms with E-state index < -0.39 is 23.7 Å². The Labute approximate surface area is 226 Å². The number of carbonyl (C=O) groups excluding carboxylic acids is 2. The number of aliphatic carboxylic acids is 1. The molecule has 2 aliphatic rings. The van der Waals surface area contributed by atoms with Gasteiger partial charge in [0, 0.05) is 17.0 Å². The number of rotatable bonds is 7. The maximum atomic E-state index is 14.6. The van der Waals surface area contributed by atoms with Gasteiger partial charge in [0.25, 0.3) is 0 Å². The molecule has 2 aliphatic carbocycles. The normalized spacial score (nSPS) is 17.5. The van der Waals surface area contributed by atoms with Gasteiger partial charge in [0.1, 0.15) is 5.82 Å². The molecule has 0 aliphatic heterocycles. The summed E-state index contributed by atoms with van der Waals surface area (Å²) in [5.41, 5.74) is 6.20. The highest BCUT2D eigenvalue weighted by Gasteiger charge is 2.42. The van der Waals surface area contributed by atoms with Crippen molar-refractivity contribution in [3.63, 3.8) is 0 Å². The number of carboxylic acid groups (broad SMARTS) is 1. The molecule has 6 nitrogen and oxygen atoms in total. The summed E-state index contributed by atoms with van der Waals surface area (Å²) in [7, 11) is 0. The lowest BCUT2D eigenvalue weighted by Crippen LogP contribution is -2.41. The van der Waals surface area contributed by atoms with Crippen LogP contribution in [0, 0.1) is 17.2 Å². The third kappa shape index (κ3) is 7.45. The second-order valence-electron chi connectivity index (χ2n) is 10.2. The Kier molecular flexibility index (Phi) is 9.96. The van der Waals surface area contributed by atoms with Crippen molar-refractivity contribution in [1.29, 1.82) is 0 Å². The standard InChI is InChI=1S/C19H24Cl2FNO.C9H9NO3/c1-19(10-4-5-11-19)17(23-18(24)12-6-2-3-7-12)15-14(22)9-8-13(20)16(15)21;10-9(13)7-3-1-6(2-4-7)5-8(11)12/h8-9,12,17H,2-7,10-11H2,1H3,(H,23,24);1-4H,5H2,(H2,10,13)(H,11,12). The number of nitrogens with two attached hydrogens (primary N) is 1. The SMILES string of the molecule is CC1(C(NC(=O)C2CCCC2)c2c(F)ccc(Cl)c2Cl)CCCC1.NC(=O)c1ccc(CC(=O)O)cc1. The fraction of sp³-hybridized carbons (Fsp3) is 0.464. The highest BCUT2D eigenvalue weighted by atomic mass is 35.5. The van der Waals surface area contributed by atoms with E-state index in [1.54, 1.807) is 12.1 Å². The van der Waals surface area contributed by atoms with Crippen molar-refractivity contribution in [3.05, 3.63) is 69.0 Å². The minimum absolute atomic E-state index is 0.0288. The van der Waals surface area contributed by atoms with Gasteiger partial charge in [-0.3, -0.25) is 14.4 Å². The first kappa shape index (κ1) is 28.9. The largest absolute Gasteiger partial charge is 0.481 e. The van der Waals surface area contributed by atoms with E-state index in [4.69, 9.17) is 34.0 Å². The summed E-state index contributed by atoms with van der Waals surface area (Å²) in [6.45, 7) is 2.12. The van der Waals surface area contributed by atoms with Gasteiger partial charge < -0.3 is 16.2 Å². The zero-order valence-electron chi connectivity index (χ0n) is 20.9. The van der Waals surface area contributed by atoms with Gasteiger partial charge in [0.2, 0.25) is 11.8 Å². The first-order chi connectivity index (χ1) is 17.5. The maximum absolute atomic E-state index is 14.6. The van der Waals surface area contributed by atoms with Crippen LogP contribution >= 0.6 is 23.2 Å². The molecule has 0 bridgehead atoms. The molecule has 0 saturated heterocycles. The molecule has 4 N–H and O–H groups in total. The van der Waals surface area contributed by atoms with Gasteiger partial charge in [-0.25, -0.2) is 4.39 Å². The highest BCUT2D eigenvalue weighted by Crippen LogP contribution is 2.50. The second kappa shape index (κ2) is 12.7. The van der Waals surface area contributed by atoms with Gasteiger partial charge >= 0.3 is 5.97 Å². The lowest BCUT2D eigenvalue weighted by atomic mass is 9.76.